The molecule has 2 aromatic rings. The largest absolute Gasteiger partial charge is 0.305 e. The lowest BCUT2D eigenvalue weighted by atomic mass is 10.1. The van der Waals surface area contributed by atoms with Crippen LogP contribution >= 0.6 is 23.2 Å². The van der Waals surface area contributed by atoms with Crippen LogP contribution in [0, 0.1) is 6.92 Å². The number of hydrogen-bond acceptors (Lipinski definition) is 3. The topological polar surface area (TPSA) is 54.9 Å². The molecule has 0 saturated heterocycles. The van der Waals surface area contributed by atoms with Gasteiger partial charge < -0.3 is 5.32 Å². The molecule has 0 fully saturated rings. The number of carbonyl (C=O) groups excluding carboxylic acids is 1. The zero-order chi connectivity index (χ0) is 13.1. The maximum atomic E-state index is 12.0. The quantitative estimate of drug-likeness (QED) is 0.919. The summed E-state index contributed by atoms with van der Waals surface area (Å²) in [5, 5.41) is 3.50. The molecule has 1 heterocycles. The molecule has 92 valence electrons. The van der Waals surface area contributed by atoms with E-state index in [0.29, 0.717) is 16.4 Å². The van der Waals surface area contributed by atoms with Crippen molar-refractivity contribution in [3.63, 3.8) is 0 Å². The summed E-state index contributed by atoms with van der Waals surface area (Å²) in [6.07, 6.45) is 2.76. The van der Waals surface area contributed by atoms with Gasteiger partial charge in [0.2, 0.25) is 0 Å². The first kappa shape index (κ1) is 12.8. The van der Waals surface area contributed by atoms with E-state index < -0.39 is 0 Å². The van der Waals surface area contributed by atoms with Crippen LogP contribution < -0.4 is 5.32 Å². The first-order valence-corrected chi connectivity index (χ1v) is 5.87. The van der Waals surface area contributed by atoms with Crippen LogP contribution in [0.4, 0.5) is 5.82 Å². The number of aryl methyl sites for hydroxylation is 1. The van der Waals surface area contributed by atoms with E-state index in [-0.39, 0.29) is 11.1 Å². The van der Waals surface area contributed by atoms with Gasteiger partial charge in [-0.25, -0.2) is 9.97 Å². The molecule has 2 rings (SSSR count). The lowest BCUT2D eigenvalue weighted by molar-refractivity contribution is 0.102. The lowest BCUT2D eigenvalue weighted by Gasteiger charge is -2.07. The summed E-state index contributed by atoms with van der Waals surface area (Å²) in [5.41, 5.74) is 1.33. The van der Waals surface area contributed by atoms with Gasteiger partial charge in [-0.2, -0.15) is 0 Å². The molecule has 18 heavy (non-hydrogen) atoms. The van der Waals surface area contributed by atoms with Gasteiger partial charge in [-0.05, 0) is 30.7 Å². The summed E-state index contributed by atoms with van der Waals surface area (Å²) in [5.74, 6) is 0.0829. The number of carbonyl (C=O) groups is 1. The Bertz CT molecular complexity index is 584. The Balaban J connectivity index is 2.19. The molecular weight excluding hydrogens is 273 g/mol. The molecule has 1 N–H and O–H groups in total. The molecule has 4 nitrogen and oxygen atoms in total. The van der Waals surface area contributed by atoms with Gasteiger partial charge in [-0.3, -0.25) is 4.79 Å². The minimum Gasteiger partial charge on any atom is -0.305 e. The Labute approximate surface area is 114 Å². The fraction of sp³-hybridized carbons (Fsp3) is 0.0833. The maximum Gasteiger partial charge on any atom is 0.257 e. The fourth-order valence-electron chi connectivity index (χ4n) is 1.44. The zero-order valence-corrected chi connectivity index (χ0v) is 11.0. The van der Waals surface area contributed by atoms with Gasteiger partial charge in [0.15, 0.2) is 5.82 Å². The molecule has 0 atom stereocenters. The summed E-state index contributed by atoms with van der Waals surface area (Å²) < 4.78 is 0. The Hall–Kier alpha value is -1.65. The second-order valence-electron chi connectivity index (χ2n) is 3.64. The average molecular weight is 282 g/mol. The number of benzene rings is 1. The van der Waals surface area contributed by atoms with Crippen molar-refractivity contribution < 1.29 is 4.79 Å². The van der Waals surface area contributed by atoms with E-state index in [1.165, 1.54) is 12.4 Å². The molecule has 0 spiro atoms. The maximum absolute atomic E-state index is 12.0. The molecule has 0 aliphatic heterocycles. The van der Waals surface area contributed by atoms with Gasteiger partial charge in [-0.1, -0.05) is 23.2 Å². The van der Waals surface area contributed by atoms with Gasteiger partial charge in [-0.15, -0.1) is 0 Å². The normalized spacial score (nSPS) is 10.2. The molecular formula is C12H9Cl2N3O. The number of aromatic nitrogens is 2. The van der Waals surface area contributed by atoms with Crippen molar-refractivity contribution in [2.24, 2.45) is 0 Å². The van der Waals surface area contributed by atoms with Crippen molar-refractivity contribution in [3.8, 4) is 0 Å². The molecule has 6 heteroatoms. The second kappa shape index (κ2) is 5.33. The van der Waals surface area contributed by atoms with Crippen molar-refractivity contribution in [1.29, 1.82) is 0 Å². The van der Waals surface area contributed by atoms with Crippen molar-refractivity contribution in [1.82, 2.24) is 9.97 Å². The molecule has 0 aliphatic rings. The van der Waals surface area contributed by atoms with E-state index in [2.05, 4.69) is 15.3 Å². The van der Waals surface area contributed by atoms with E-state index in [9.17, 15) is 4.79 Å². The van der Waals surface area contributed by atoms with Gasteiger partial charge in [0.25, 0.3) is 5.91 Å². The number of amides is 1. The molecule has 0 aliphatic carbocycles. The summed E-state index contributed by atoms with van der Waals surface area (Å²) in [6, 6.07) is 5.05. The third-order valence-corrected chi connectivity index (χ3v) is 2.73. The number of halogens is 2. The number of anilines is 1. The number of rotatable bonds is 2. The van der Waals surface area contributed by atoms with Crippen molar-refractivity contribution >= 4 is 34.9 Å². The van der Waals surface area contributed by atoms with Crippen molar-refractivity contribution in [2.75, 3.05) is 5.32 Å². The van der Waals surface area contributed by atoms with Crippen LogP contribution in [0.15, 0.2) is 30.6 Å². The molecule has 0 saturated carbocycles. The van der Waals surface area contributed by atoms with Crippen LogP contribution in [0.1, 0.15) is 15.9 Å². The summed E-state index contributed by atoms with van der Waals surface area (Å²) in [7, 11) is 0. The van der Waals surface area contributed by atoms with Crippen LogP contribution in [0.25, 0.3) is 0 Å². The Morgan fingerprint density at radius 2 is 2.00 bits per heavy atom. The van der Waals surface area contributed by atoms with Gasteiger partial charge >= 0.3 is 0 Å². The van der Waals surface area contributed by atoms with E-state index in [4.69, 9.17) is 23.2 Å². The molecule has 1 aromatic heterocycles. The highest BCUT2D eigenvalue weighted by atomic mass is 35.5. The van der Waals surface area contributed by atoms with Gasteiger partial charge in [0, 0.05) is 10.6 Å². The third kappa shape index (κ3) is 2.97. The number of nitrogens with zero attached hydrogens (tertiary/aromatic N) is 2. The second-order valence-corrected chi connectivity index (χ2v) is 4.46. The van der Waals surface area contributed by atoms with E-state index in [1.54, 1.807) is 18.2 Å². The van der Waals surface area contributed by atoms with Crippen LogP contribution in [-0.2, 0) is 0 Å². The smallest absolute Gasteiger partial charge is 0.257 e. The van der Waals surface area contributed by atoms with Crippen LogP contribution in [0.2, 0.25) is 10.2 Å². The highest BCUT2D eigenvalue weighted by Gasteiger charge is 2.10. The van der Waals surface area contributed by atoms with Gasteiger partial charge in [0.05, 0.1) is 12.4 Å². The molecule has 0 unspecified atom stereocenters. The van der Waals surface area contributed by atoms with Crippen molar-refractivity contribution in [2.45, 2.75) is 6.92 Å². The van der Waals surface area contributed by atoms with E-state index >= 15 is 0 Å². The zero-order valence-electron chi connectivity index (χ0n) is 9.45. The Morgan fingerprint density at radius 1 is 1.22 bits per heavy atom. The predicted octanol–water partition coefficient (Wildman–Crippen LogP) is 3.34. The van der Waals surface area contributed by atoms with Crippen LogP contribution in [0.5, 0.6) is 0 Å². The first-order chi connectivity index (χ1) is 8.56. The number of nitrogens with one attached hydrogen (secondary N) is 1. The Kier molecular flexibility index (Phi) is 3.79. The SMILES string of the molecule is Cc1cc(Cl)ccc1C(=O)Nc1cnc(Cl)cn1. The third-order valence-electron chi connectivity index (χ3n) is 2.30. The molecule has 1 amide bonds. The minimum absolute atomic E-state index is 0.263. The Morgan fingerprint density at radius 3 is 2.61 bits per heavy atom. The highest BCUT2D eigenvalue weighted by molar-refractivity contribution is 6.30. The molecule has 0 bridgehead atoms. The summed E-state index contributed by atoms with van der Waals surface area (Å²) in [4.78, 5) is 19.7. The number of hydrogen-bond donors (Lipinski definition) is 1. The highest BCUT2D eigenvalue weighted by Crippen LogP contribution is 2.16. The molecule has 1 aromatic carbocycles. The van der Waals surface area contributed by atoms with Crippen LogP contribution in [0.3, 0.4) is 0 Å². The van der Waals surface area contributed by atoms with Gasteiger partial charge in [0.1, 0.15) is 5.15 Å². The lowest BCUT2D eigenvalue weighted by Crippen LogP contribution is -2.14. The van der Waals surface area contributed by atoms with Crippen molar-refractivity contribution in [3.05, 3.63) is 51.9 Å². The fourth-order valence-corrected chi connectivity index (χ4v) is 1.77. The standard InChI is InChI=1S/C12H9Cl2N3O/c1-7-4-8(13)2-3-9(7)12(18)17-11-6-15-10(14)5-16-11/h2-6H,1H3,(H,16,17,18). The first-order valence-electron chi connectivity index (χ1n) is 5.11. The van der Waals surface area contributed by atoms with E-state index in [0.717, 1.165) is 5.56 Å². The van der Waals surface area contributed by atoms with E-state index in [1.807, 2.05) is 6.92 Å². The van der Waals surface area contributed by atoms with Crippen LogP contribution in [-0.4, -0.2) is 15.9 Å². The average Bonchev–Trinajstić information content (AvgIpc) is 2.32. The minimum atomic E-state index is -0.263. The molecule has 0 radical (unpaired) electrons. The summed E-state index contributed by atoms with van der Waals surface area (Å²) in [6.45, 7) is 1.81. The monoisotopic (exact) mass is 281 g/mol. The summed E-state index contributed by atoms with van der Waals surface area (Å²) >= 11 is 11.4. The predicted molar refractivity (Wildman–Crippen MR) is 71.2 cm³/mol.